The normalized spacial score (nSPS) is 13.0. The molecule has 0 amide bonds. The molecule has 0 aromatic heterocycles. The van der Waals surface area contributed by atoms with Gasteiger partial charge in [-0.2, -0.15) is 0 Å². The van der Waals surface area contributed by atoms with Crippen LogP contribution in [0.3, 0.4) is 0 Å². The van der Waals surface area contributed by atoms with E-state index in [0.29, 0.717) is 4.47 Å². The van der Waals surface area contributed by atoms with Gasteiger partial charge in [0.1, 0.15) is 5.82 Å². The molecular weight excluding hydrogens is 223 g/mol. The molecule has 0 bridgehead atoms. The molecular formula is C9H10BrFO. The minimum absolute atomic E-state index is 0.0167. The molecule has 0 aliphatic carbocycles. The topological polar surface area (TPSA) is 20.2 Å². The van der Waals surface area contributed by atoms with Crippen molar-refractivity contribution in [1.29, 1.82) is 0 Å². The van der Waals surface area contributed by atoms with Crippen molar-refractivity contribution >= 4 is 15.9 Å². The van der Waals surface area contributed by atoms with Crippen LogP contribution in [0.4, 0.5) is 4.39 Å². The fourth-order valence-corrected chi connectivity index (χ4v) is 1.45. The Morgan fingerprint density at radius 3 is 2.67 bits per heavy atom. The minimum atomic E-state index is -0.278. The van der Waals surface area contributed by atoms with Gasteiger partial charge in [0.25, 0.3) is 0 Å². The van der Waals surface area contributed by atoms with E-state index in [0.717, 1.165) is 5.56 Å². The number of hydrogen-bond acceptors (Lipinski definition) is 1. The van der Waals surface area contributed by atoms with E-state index in [1.807, 2.05) is 13.0 Å². The molecule has 0 radical (unpaired) electrons. The summed E-state index contributed by atoms with van der Waals surface area (Å²) in [6.07, 6.45) is 0. The van der Waals surface area contributed by atoms with Crippen molar-refractivity contribution in [2.24, 2.45) is 0 Å². The predicted molar refractivity (Wildman–Crippen MR) is 49.6 cm³/mol. The Kier molecular flexibility index (Phi) is 3.23. The summed E-state index contributed by atoms with van der Waals surface area (Å²) in [5.41, 5.74) is 0.810. The number of halogens is 2. The monoisotopic (exact) mass is 232 g/mol. The number of hydrogen-bond donors (Lipinski definition) is 1. The highest BCUT2D eigenvalue weighted by Crippen LogP contribution is 2.20. The van der Waals surface area contributed by atoms with E-state index < -0.39 is 0 Å². The molecule has 0 saturated carbocycles. The van der Waals surface area contributed by atoms with Crippen LogP contribution in [0.15, 0.2) is 22.7 Å². The summed E-state index contributed by atoms with van der Waals surface area (Å²) in [7, 11) is 0. The van der Waals surface area contributed by atoms with Crippen LogP contribution >= 0.6 is 15.9 Å². The average molecular weight is 233 g/mol. The molecule has 1 aromatic carbocycles. The Bertz CT molecular complexity index is 255. The van der Waals surface area contributed by atoms with E-state index in [1.54, 1.807) is 0 Å². The Morgan fingerprint density at radius 1 is 1.50 bits per heavy atom. The van der Waals surface area contributed by atoms with Crippen molar-refractivity contribution in [2.45, 2.75) is 12.8 Å². The Labute approximate surface area is 79.4 Å². The van der Waals surface area contributed by atoms with E-state index in [9.17, 15) is 4.39 Å². The van der Waals surface area contributed by atoms with E-state index in [4.69, 9.17) is 5.11 Å². The Morgan fingerprint density at radius 2 is 2.17 bits per heavy atom. The smallest absolute Gasteiger partial charge is 0.124 e. The Hall–Kier alpha value is -0.410. The van der Waals surface area contributed by atoms with Gasteiger partial charge in [-0.25, -0.2) is 4.39 Å². The third kappa shape index (κ3) is 2.29. The van der Waals surface area contributed by atoms with Gasteiger partial charge in [-0.05, 0) is 23.8 Å². The number of rotatable bonds is 2. The summed E-state index contributed by atoms with van der Waals surface area (Å²) in [5, 5.41) is 8.83. The average Bonchev–Trinajstić information content (AvgIpc) is 2.01. The van der Waals surface area contributed by atoms with Crippen molar-refractivity contribution < 1.29 is 9.50 Å². The first-order valence-corrected chi connectivity index (χ1v) is 4.49. The molecule has 1 N–H and O–H groups in total. The number of benzene rings is 1. The van der Waals surface area contributed by atoms with Crippen molar-refractivity contribution in [2.75, 3.05) is 6.61 Å². The maximum Gasteiger partial charge on any atom is 0.124 e. The highest BCUT2D eigenvalue weighted by molar-refractivity contribution is 9.10. The van der Waals surface area contributed by atoms with Gasteiger partial charge in [-0.1, -0.05) is 22.9 Å². The van der Waals surface area contributed by atoms with Crippen LogP contribution in [-0.2, 0) is 0 Å². The first-order chi connectivity index (χ1) is 5.63. The van der Waals surface area contributed by atoms with E-state index in [1.165, 1.54) is 12.1 Å². The molecule has 0 aliphatic heterocycles. The summed E-state index contributed by atoms with van der Waals surface area (Å²) in [6.45, 7) is 1.89. The minimum Gasteiger partial charge on any atom is -0.396 e. The second kappa shape index (κ2) is 4.01. The molecule has 3 heteroatoms. The maximum absolute atomic E-state index is 12.8. The first-order valence-electron chi connectivity index (χ1n) is 3.70. The molecule has 1 rings (SSSR count). The third-order valence-corrected chi connectivity index (χ3v) is 2.19. The van der Waals surface area contributed by atoms with Gasteiger partial charge in [0.05, 0.1) is 0 Å². The molecule has 66 valence electrons. The van der Waals surface area contributed by atoms with Crippen LogP contribution in [0.2, 0.25) is 0 Å². The van der Waals surface area contributed by atoms with Crippen LogP contribution in [0.1, 0.15) is 18.4 Å². The lowest BCUT2D eigenvalue weighted by Crippen LogP contribution is -1.99. The molecule has 1 atom stereocenters. The van der Waals surface area contributed by atoms with Crippen molar-refractivity contribution in [1.82, 2.24) is 0 Å². The van der Waals surface area contributed by atoms with Gasteiger partial charge < -0.3 is 5.11 Å². The van der Waals surface area contributed by atoms with Crippen molar-refractivity contribution in [3.05, 3.63) is 34.1 Å². The highest BCUT2D eigenvalue weighted by atomic mass is 79.9. The highest BCUT2D eigenvalue weighted by Gasteiger charge is 2.05. The van der Waals surface area contributed by atoms with Gasteiger partial charge in [0.15, 0.2) is 0 Å². The predicted octanol–water partition coefficient (Wildman–Crippen LogP) is 2.68. The molecule has 0 aliphatic rings. The van der Waals surface area contributed by atoms with Gasteiger partial charge in [0, 0.05) is 17.0 Å². The SMILES string of the molecule is C[C@H](CO)c1cc(F)cc(Br)c1. The van der Waals surface area contributed by atoms with Crippen LogP contribution in [-0.4, -0.2) is 11.7 Å². The first kappa shape index (κ1) is 9.68. The summed E-state index contributed by atoms with van der Waals surface area (Å²) in [5.74, 6) is -0.295. The van der Waals surface area contributed by atoms with E-state index in [-0.39, 0.29) is 18.3 Å². The number of aliphatic hydroxyl groups is 1. The quantitative estimate of drug-likeness (QED) is 0.832. The lowest BCUT2D eigenvalue weighted by atomic mass is 10.0. The van der Waals surface area contributed by atoms with Gasteiger partial charge in [-0.15, -0.1) is 0 Å². The molecule has 0 spiro atoms. The standard InChI is InChI=1S/C9H10BrFO/c1-6(5-12)7-2-8(10)4-9(11)3-7/h2-4,6,12H,5H2,1H3/t6-/m1/s1. The molecule has 0 unspecified atom stereocenters. The summed E-state index contributed by atoms with van der Waals surface area (Å²) in [4.78, 5) is 0. The van der Waals surface area contributed by atoms with Gasteiger partial charge in [-0.3, -0.25) is 0 Å². The van der Waals surface area contributed by atoms with E-state index in [2.05, 4.69) is 15.9 Å². The molecule has 1 nitrogen and oxygen atoms in total. The third-order valence-electron chi connectivity index (χ3n) is 1.73. The summed E-state index contributed by atoms with van der Waals surface area (Å²) in [6, 6.07) is 4.64. The fourth-order valence-electron chi connectivity index (χ4n) is 0.965. The van der Waals surface area contributed by atoms with Crippen molar-refractivity contribution in [3.8, 4) is 0 Å². The molecule has 0 heterocycles. The molecule has 1 aromatic rings. The second-order valence-electron chi connectivity index (χ2n) is 2.79. The van der Waals surface area contributed by atoms with Gasteiger partial charge in [0.2, 0.25) is 0 Å². The zero-order valence-corrected chi connectivity index (χ0v) is 8.31. The summed E-state index contributed by atoms with van der Waals surface area (Å²) < 4.78 is 13.5. The Balaban J connectivity index is 3.00. The molecule has 0 saturated heterocycles. The van der Waals surface area contributed by atoms with Crippen LogP contribution in [0.5, 0.6) is 0 Å². The summed E-state index contributed by atoms with van der Waals surface area (Å²) >= 11 is 3.19. The lowest BCUT2D eigenvalue weighted by molar-refractivity contribution is 0.273. The maximum atomic E-state index is 12.8. The van der Waals surface area contributed by atoms with Crippen molar-refractivity contribution in [3.63, 3.8) is 0 Å². The van der Waals surface area contributed by atoms with Gasteiger partial charge >= 0.3 is 0 Å². The molecule has 0 fully saturated rings. The van der Waals surface area contributed by atoms with Crippen LogP contribution in [0, 0.1) is 5.82 Å². The second-order valence-corrected chi connectivity index (χ2v) is 3.70. The fraction of sp³-hybridized carbons (Fsp3) is 0.333. The number of aliphatic hydroxyl groups excluding tert-OH is 1. The van der Waals surface area contributed by atoms with Crippen LogP contribution in [0.25, 0.3) is 0 Å². The molecule has 12 heavy (non-hydrogen) atoms. The van der Waals surface area contributed by atoms with Crippen LogP contribution < -0.4 is 0 Å². The largest absolute Gasteiger partial charge is 0.396 e. The zero-order chi connectivity index (χ0) is 9.14. The lowest BCUT2D eigenvalue weighted by Gasteiger charge is -2.08. The zero-order valence-electron chi connectivity index (χ0n) is 6.72. The van der Waals surface area contributed by atoms with E-state index >= 15 is 0 Å².